The molecule has 6 heteroatoms. The number of carbonyl (C=O) groups excluding carboxylic acids is 2. The highest BCUT2D eigenvalue weighted by molar-refractivity contribution is 5.89. The predicted octanol–water partition coefficient (Wildman–Crippen LogP) is 3.15. The zero-order valence-corrected chi connectivity index (χ0v) is 16.3. The molecule has 0 aromatic heterocycles. The number of para-hydroxylation sites is 2. The number of methoxy groups -OCH3 is 1. The first-order valence-corrected chi connectivity index (χ1v) is 9.47. The van der Waals surface area contributed by atoms with Gasteiger partial charge in [0.1, 0.15) is 11.5 Å². The van der Waals surface area contributed by atoms with E-state index in [0.29, 0.717) is 25.4 Å². The van der Waals surface area contributed by atoms with E-state index >= 15 is 0 Å². The maximum atomic E-state index is 12.7. The molecular formula is C22H26N2O4. The number of hydrogen-bond acceptors (Lipinski definition) is 4. The Morgan fingerprint density at radius 3 is 2.64 bits per heavy atom. The highest BCUT2D eigenvalue weighted by Crippen LogP contribution is 2.30. The standard InChI is InChI=1S/C22H26N2O4/c1-16(23-22(26)17-14-21(25)24(15-17)12-13-27-2)19-10-6-7-11-20(19)28-18-8-4-3-5-9-18/h3-11,16-17H,12-15H2,1-2H3,(H,23,26). The van der Waals surface area contributed by atoms with E-state index in [1.165, 1.54) is 0 Å². The Labute approximate surface area is 165 Å². The second-order valence-corrected chi connectivity index (χ2v) is 6.92. The van der Waals surface area contributed by atoms with Crippen molar-refractivity contribution in [2.45, 2.75) is 19.4 Å². The van der Waals surface area contributed by atoms with Crippen molar-refractivity contribution >= 4 is 11.8 Å². The maximum absolute atomic E-state index is 12.7. The van der Waals surface area contributed by atoms with Gasteiger partial charge in [0, 0.05) is 32.2 Å². The summed E-state index contributed by atoms with van der Waals surface area (Å²) in [5.74, 6) is 0.983. The zero-order chi connectivity index (χ0) is 19.9. The molecule has 1 aliphatic heterocycles. The highest BCUT2D eigenvalue weighted by Gasteiger charge is 2.34. The number of carbonyl (C=O) groups is 2. The van der Waals surface area contributed by atoms with Crippen molar-refractivity contribution in [2.24, 2.45) is 5.92 Å². The van der Waals surface area contributed by atoms with Gasteiger partial charge in [-0.1, -0.05) is 36.4 Å². The Balaban J connectivity index is 1.64. The van der Waals surface area contributed by atoms with Gasteiger partial charge in [-0.3, -0.25) is 9.59 Å². The lowest BCUT2D eigenvalue weighted by Gasteiger charge is -2.20. The van der Waals surface area contributed by atoms with Crippen LogP contribution in [-0.2, 0) is 14.3 Å². The minimum Gasteiger partial charge on any atom is -0.457 e. The topological polar surface area (TPSA) is 67.9 Å². The van der Waals surface area contributed by atoms with E-state index in [9.17, 15) is 9.59 Å². The molecule has 2 aromatic rings. The molecule has 0 radical (unpaired) electrons. The normalized spacial score (nSPS) is 17.4. The van der Waals surface area contributed by atoms with Crippen LogP contribution in [0.5, 0.6) is 11.5 Å². The first-order valence-electron chi connectivity index (χ1n) is 9.47. The fourth-order valence-electron chi connectivity index (χ4n) is 3.32. The lowest BCUT2D eigenvalue weighted by Crippen LogP contribution is -2.35. The number of amides is 2. The van der Waals surface area contributed by atoms with Gasteiger partial charge in [0.2, 0.25) is 11.8 Å². The van der Waals surface area contributed by atoms with Crippen LogP contribution in [0, 0.1) is 5.92 Å². The van der Waals surface area contributed by atoms with Crippen molar-refractivity contribution < 1.29 is 19.1 Å². The first-order chi connectivity index (χ1) is 13.6. The molecule has 3 rings (SSSR count). The van der Waals surface area contributed by atoms with Crippen molar-refractivity contribution in [3.63, 3.8) is 0 Å². The van der Waals surface area contributed by atoms with Crippen LogP contribution in [0.2, 0.25) is 0 Å². The Hall–Kier alpha value is -2.86. The van der Waals surface area contributed by atoms with Gasteiger partial charge in [-0.05, 0) is 25.1 Å². The molecule has 2 amide bonds. The molecule has 0 spiro atoms. The van der Waals surface area contributed by atoms with Gasteiger partial charge in [-0.25, -0.2) is 0 Å². The fourth-order valence-corrected chi connectivity index (χ4v) is 3.32. The van der Waals surface area contributed by atoms with Crippen molar-refractivity contribution in [2.75, 3.05) is 26.8 Å². The zero-order valence-electron chi connectivity index (χ0n) is 16.3. The van der Waals surface area contributed by atoms with Gasteiger partial charge in [0.25, 0.3) is 0 Å². The van der Waals surface area contributed by atoms with E-state index < -0.39 is 0 Å². The van der Waals surface area contributed by atoms with Crippen LogP contribution in [0.25, 0.3) is 0 Å². The maximum Gasteiger partial charge on any atom is 0.225 e. The van der Waals surface area contributed by atoms with E-state index in [1.807, 2.05) is 61.5 Å². The van der Waals surface area contributed by atoms with Gasteiger partial charge in [-0.2, -0.15) is 0 Å². The molecule has 2 unspecified atom stereocenters. The van der Waals surface area contributed by atoms with Crippen molar-refractivity contribution in [1.82, 2.24) is 10.2 Å². The first kappa shape index (κ1) is 19.9. The number of benzene rings is 2. The van der Waals surface area contributed by atoms with Gasteiger partial charge >= 0.3 is 0 Å². The minimum atomic E-state index is -0.339. The summed E-state index contributed by atoms with van der Waals surface area (Å²) in [6, 6.07) is 16.9. The third-order valence-electron chi connectivity index (χ3n) is 4.87. The monoisotopic (exact) mass is 382 g/mol. The summed E-state index contributed by atoms with van der Waals surface area (Å²) in [4.78, 5) is 26.5. The summed E-state index contributed by atoms with van der Waals surface area (Å²) in [5, 5.41) is 3.03. The Morgan fingerprint density at radius 2 is 1.89 bits per heavy atom. The van der Waals surface area contributed by atoms with Gasteiger partial charge < -0.3 is 19.7 Å². The smallest absolute Gasteiger partial charge is 0.225 e. The highest BCUT2D eigenvalue weighted by atomic mass is 16.5. The van der Waals surface area contributed by atoms with Crippen LogP contribution in [0.15, 0.2) is 54.6 Å². The molecule has 1 saturated heterocycles. The lowest BCUT2D eigenvalue weighted by molar-refractivity contribution is -0.129. The molecule has 1 N–H and O–H groups in total. The van der Waals surface area contributed by atoms with Crippen molar-refractivity contribution in [3.05, 3.63) is 60.2 Å². The van der Waals surface area contributed by atoms with Crippen LogP contribution < -0.4 is 10.1 Å². The molecule has 1 fully saturated rings. The van der Waals surface area contributed by atoms with Crippen molar-refractivity contribution in [1.29, 1.82) is 0 Å². The molecular weight excluding hydrogens is 356 g/mol. The van der Waals surface area contributed by atoms with Crippen LogP contribution in [0.4, 0.5) is 0 Å². The van der Waals surface area contributed by atoms with Crippen LogP contribution >= 0.6 is 0 Å². The Morgan fingerprint density at radius 1 is 1.18 bits per heavy atom. The quantitative estimate of drug-likeness (QED) is 0.762. The molecule has 1 aliphatic rings. The van der Waals surface area contributed by atoms with Crippen molar-refractivity contribution in [3.8, 4) is 11.5 Å². The number of rotatable bonds is 8. The van der Waals surface area contributed by atoms with E-state index in [4.69, 9.17) is 9.47 Å². The summed E-state index contributed by atoms with van der Waals surface area (Å²) < 4.78 is 11.0. The molecule has 0 saturated carbocycles. The third kappa shape index (κ3) is 4.89. The number of nitrogens with one attached hydrogen (secondary N) is 1. The van der Waals surface area contributed by atoms with Crippen LogP contribution in [0.3, 0.4) is 0 Å². The van der Waals surface area contributed by atoms with E-state index in [1.54, 1.807) is 12.0 Å². The molecule has 6 nitrogen and oxygen atoms in total. The van der Waals surface area contributed by atoms with E-state index in [-0.39, 0.29) is 30.2 Å². The van der Waals surface area contributed by atoms with E-state index in [2.05, 4.69) is 5.32 Å². The van der Waals surface area contributed by atoms with E-state index in [0.717, 1.165) is 11.3 Å². The average Bonchev–Trinajstić information content (AvgIpc) is 3.08. The van der Waals surface area contributed by atoms with Crippen LogP contribution in [0.1, 0.15) is 24.9 Å². The largest absolute Gasteiger partial charge is 0.457 e. The third-order valence-corrected chi connectivity index (χ3v) is 4.87. The molecule has 2 aromatic carbocycles. The molecule has 2 atom stereocenters. The second-order valence-electron chi connectivity index (χ2n) is 6.92. The number of nitrogens with zero attached hydrogens (tertiary/aromatic N) is 1. The summed E-state index contributed by atoms with van der Waals surface area (Å²) in [5.41, 5.74) is 0.889. The predicted molar refractivity (Wildman–Crippen MR) is 106 cm³/mol. The second kappa shape index (κ2) is 9.37. The summed E-state index contributed by atoms with van der Waals surface area (Å²) in [7, 11) is 1.60. The Bertz CT molecular complexity index is 809. The molecule has 1 heterocycles. The molecule has 28 heavy (non-hydrogen) atoms. The summed E-state index contributed by atoms with van der Waals surface area (Å²) in [6.07, 6.45) is 0.241. The SMILES string of the molecule is COCCN1CC(C(=O)NC(C)c2ccccc2Oc2ccccc2)CC1=O. The molecule has 0 bridgehead atoms. The Kier molecular flexibility index (Phi) is 6.66. The number of hydrogen-bond donors (Lipinski definition) is 1. The number of ether oxygens (including phenoxy) is 2. The van der Waals surface area contributed by atoms with Crippen LogP contribution in [-0.4, -0.2) is 43.5 Å². The van der Waals surface area contributed by atoms with Gasteiger partial charge in [0.15, 0.2) is 0 Å². The van der Waals surface area contributed by atoms with Gasteiger partial charge in [-0.15, -0.1) is 0 Å². The summed E-state index contributed by atoms with van der Waals surface area (Å²) in [6.45, 7) is 3.34. The fraction of sp³-hybridized carbons (Fsp3) is 0.364. The summed E-state index contributed by atoms with van der Waals surface area (Å²) >= 11 is 0. The van der Waals surface area contributed by atoms with Gasteiger partial charge in [0.05, 0.1) is 18.6 Å². The minimum absolute atomic E-state index is 0.00216. The number of likely N-dealkylation sites (tertiary alicyclic amines) is 1. The molecule has 0 aliphatic carbocycles. The lowest BCUT2D eigenvalue weighted by atomic mass is 10.0. The average molecular weight is 382 g/mol. The molecule has 148 valence electrons.